The normalized spacial score (nSPS) is 21.9. The average Bonchev–Trinajstić information content (AvgIpc) is 2.52. The third-order valence-corrected chi connectivity index (χ3v) is 3.81. The van der Waals surface area contributed by atoms with Crippen LogP contribution in [0.3, 0.4) is 0 Å². The number of likely N-dealkylation sites (N-methyl/N-ethyl adjacent to an activating group) is 1. The van der Waals surface area contributed by atoms with Gasteiger partial charge in [-0.1, -0.05) is 38.8 Å². The summed E-state index contributed by atoms with van der Waals surface area (Å²) in [5, 5.41) is 3.49. The van der Waals surface area contributed by atoms with Crippen LogP contribution in [0.1, 0.15) is 52.9 Å². The van der Waals surface area contributed by atoms with Crippen molar-refractivity contribution >= 4 is 0 Å². The SMILES string of the molecule is C=C(C)C(NC)C1(CC(C)C)CCCC1. The second kappa shape index (κ2) is 5.16. The van der Waals surface area contributed by atoms with E-state index in [9.17, 15) is 0 Å². The van der Waals surface area contributed by atoms with Crippen molar-refractivity contribution in [2.24, 2.45) is 11.3 Å². The molecule has 1 saturated carbocycles. The minimum Gasteiger partial charge on any atom is -0.313 e. The van der Waals surface area contributed by atoms with Crippen LogP contribution in [0.25, 0.3) is 0 Å². The standard InChI is InChI=1S/C14H27N/c1-11(2)10-14(8-6-7-9-14)13(15-5)12(3)4/h11,13,15H,3,6-10H2,1-2,4-5H3. The van der Waals surface area contributed by atoms with Gasteiger partial charge in [0, 0.05) is 6.04 Å². The number of hydrogen-bond donors (Lipinski definition) is 1. The van der Waals surface area contributed by atoms with Gasteiger partial charge in [0.1, 0.15) is 0 Å². The van der Waals surface area contributed by atoms with Crippen LogP contribution in [0, 0.1) is 11.3 Å². The highest BCUT2D eigenvalue weighted by atomic mass is 14.9. The predicted octanol–water partition coefficient (Wildman–Crippen LogP) is 3.76. The molecule has 1 unspecified atom stereocenters. The Hall–Kier alpha value is -0.300. The molecule has 0 amide bonds. The molecule has 0 radical (unpaired) electrons. The Labute approximate surface area is 95.3 Å². The predicted molar refractivity (Wildman–Crippen MR) is 68.0 cm³/mol. The van der Waals surface area contributed by atoms with Gasteiger partial charge in [0.2, 0.25) is 0 Å². The monoisotopic (exact) mass is 209 g/mol. The van der Waals surface area contributed by atoms with Crippen LogP contribution in [0.2, 0.25) is 0 Å². The van der Waals surface area contributed by atoms with Crippen molar-refractivity contribution in [1.82, 2.24) is 5.32 Å². The molecule has 1 N–H and O–H groups in total. The molecule has 1 rings (SSSR count). The van der Waals surface area contributed by atoms with Crippen LogP contribution in [0.5, 0.6) is 0 Å². The molecule has 0 aromatic carbocycles. The molecule has 1 aliphatic carbocycles. The molecule has 0 heterocycles. The molecule has 1 aliphatic rings. The van der Waals surface area contributed by atoms with E-state index in [2.05, 4.69) is 39.7 Å². The summed E-state index contributed by atoms with van der Waals surface area (Å²) in [5.41, 5.74) is 1.80. The summed E-state index contributed by atoms with van der Waals surface area (Å²) in [6, 6.07) is 0.516. The van der Waals surface area contributed by atoms with Gasteiger partial charge in [0.25, 0.3) is 0 Å². The van der Waals surface area contributed by atoms with Gasteiger partial charge in [-0.15, -0.1) is 0 Å². The molecule has 0 spiro atoms. The molecule has 0 bridgehead atoms. The maximum Gasteiger partial charge on any atom is 0.0328 e. The molecule has 1 nitrogen and oxygen atoms in total. The van der Waals surface area contributed by atoms with E-state index in [1.165, 1.54) is 37.7 Å². The first-order valence-electron chi connectivity index (χ1n) is 6.34. The summed E-state index contributed by atoms with van der Waals surface area (Å²) < 4.78 is 0. The molecule has 88 valence electrons. The van der Waals surface area contributed by atoms with Crippen LogP contribution in [-0.2, 0) is 0 Å². The van der Waals surface area contributed by atoms with Crippen LogP contribution in [-0.4, -0.2) is 13.1 Å². The molecular formula is C14H27N. The fraction of sp³-hybridized carbons (Fsp3) is 0.857. The van der Waals surface area contributed by atoms with Gasteiger partial charge in [-0.25, -0.2) is 0 Å². The first kappa shape index (κ1) is 12.8. The van der Waals surface area contributed by atoms with E-state index in [1.807, 2.05) is 0 Å². The lowest BCUT2D eigenvalue weighted by molar-refractivity contribution is 0.182. The van der Waals surface area contributed by atoms with E-state index in [-0.39, 0.29) is 0 Å². The Morgan fingerprint density at radius 3 is 2.20 bits per heavy atom. The van der Waals surface area contributed by atoms with Crippen molar-refractivity contribution < 1.29 is 0 Å². The Morgan fingerprint density at radius 1 is 1.33 bits per heavy atom. The number of hydrogen-bond acceptors (Lipinski definition) is 1. The lowest BCUT2D eigenvalue weighted by Gasteiger charge is -2.39. The molecule has 0 saturated heterocycles. The molecule has 1 atom stereocenters. The third-order valence-electron chi connectivity index (χ3n) is 3.81. The largest absolute Gasteiger partial charge is 0.313 e. The Balaban J connectivity index is 2.83. The minimum absolute atomic E-state index is 0.495. The Morgan fingerprint density at radius 2 is 1.87 bits per heavy atom. The molecule has 0 aromatic heterocycles. The van der Waals surface area contributed by atoms with Gasteiger partial charge < -0.3 is 5.32 Å². The first-order chi connectivity index (χ1) is 7.02. The van der Waals surface area contributed by atoms with Crippen molar-refractivity contribution in [2.45, 2.75) is 58.9 Å². The third kappa shape index (κ3) is 2.84. The van der Waals surface area contributed by atoms with E-state index in [0.29, 0.717) is 11.5 Å². The van der Waals surface area contributed by atoms with Crippen LogP contribution >= 0.6 is 0 Å². The fourth-order valence-electron chi connectivity index (χ4n) is 3.58. The Bertz CT molecular complexity index is 211. The van der Waals surface area contributed by atoms with Crippen molar-refractivity contribution in [3.63, 3.8) is 0 Å². The zero-order valence-electron chi connectivity index (χ0n) is 10.9. The van der Waals surface area contributed by atoms with Gasteiger partial charge >= 0.3 is 0 Å². The fourth-order valence-corrected chi connectivity index (χ4v) is 3.58. The van der Waals surface area contributed by atoms with E-state index in [1.54, 1.807) is 0 Å². The van der Waals surface area contributed by atoms with Crippen molar-refractivity contribution in [2.75, 3.05) is 7.05 Å². The van der Waals surface area contributed by atoms with Crippen LogP contribution in [0.15, 0.2) is 12.2 Å². The summed E-state index contributed by atoms with van der Waals surface area (Å²) >= 11 is 0. The Kier molecular flexibility index (Phi) is 4.39. The van der Waals surface area contributed by atoms with Gasteiger partial charge in [-0.05, 0) is 44.6 Å². The maximum absolute atomic E-state index is 4.16. The van der Waals surface area contributed by atoms with Crippen molar-refractivity contribution in [3.05, 3.63) is 12.2 Å². The van der Waals surface area contributed by atoms with E-state index in [0.717, 1.165) is 5.92 Å². The highest BCUT2D eigenvalue weighted by Crippen LogP contribution is 2.47. The molecule has 1 heteroatoms. The molecule has 15 heavy (non-hydrogen) atoms. The highest BCUT2D eigenvalue weighted by Gasteiger charge is 2.40. The summed E-state index contributed by atoms with van der Waals surface area (Å²) in [6.45, 7) is 11.0. The van der Waals surface area contributed by atoms with Crippen LogP contribution < -0.4 is 5.32 Å². The topological polar surface area (TPSA) is 12.0 Å². The van der Waals surface area contributed by atoms with Crippen molar-refractivity contribution in [1.29, 1.82) is 0 Å². The molecular weight excluding hydrogens is 182 g/mol. The van der Waals surface area contributed by atoms with Gasteiger partial charge in [-0.2, -0.15) is 0 Å². The van der Waals surface area contributed by atoms with Gasteiger partial charge in [0.05, 0.1) is 0 Å². The summed E-state index contributed by atoms with van der Waals surface area (Å²) in [4.78, 5) is 0. The summed E-state index contributed by atoms with van der Waals surface area (Å²) in [6.07, 6.45) is 6.90. The van der Waals surface area contributed by atoms with E-state index >= 15 is 0 Å². The van der Waals surface area contributed by atoms with E-state index < -0.39 is 0 Å². The zero-order valence-corrected chi connectivity index (χ0v) is 10.9. The second-order valence-electron chi connectivity index (χ2n) is 5.74. The lowest BCUT2D eigenvalue weighted by atomic mass is 9.70. The molecule has 0 aliphatic heterocycles. The van der Waals surface area contributed by atoms with E-state index in [4.69, 9.17) is 0 Å². The number of nitrogens with one attached hydrogen (secondary N) is 1. The zero-order chi connectivity index (χ0) is 11.5. The second-order valence-corrected chi connectivity index (χ2v) is 5.74. The number of rotatable bonds is 5. The van der Waals surface area contributed by atoms with Gasteiger partial charge in [-0.3, -0.25) is 0 Å². The molecule has 1 fully saturated rings. The highest BCUT2D eigenvalue weighted by molar-refractivity contribution is 5.11. The average molecular weight is 209 g/mol. The minimum atomic E-state index is 0.495. The lowest BCUT2D eigenvalue weighted by Crippen LogP contribution is -2.43. The summed E-state index contributed by atoms with van der Waals surface area (Å²) in [5.74, 6) is 0.790. The van der Waals surface area contributed by atoms with Crippen LogP contribution in [0.4, 0.5) is 0 Å². The first-order valence-corrected chi connectivity index (χ1v) is 6.34. The molecule has 0 aromatic rings. The quantitative estimate of drug-likeness (QED) is 0.680. The van der Waals surface area contributed by atoms with Crippen molar-refractivity contribution in [3.8, 4) is 0 Å². The maximum atomic E-state index is 4.16. The smallest absolute Gasteiger partial charge is 0.0328 e. The van der Waals surface area contributed by atoms with Gasteiger partial charge in [0.15, 0.2) is 0 Å². The summed E-state index contributed by atoms with van der Waals surface area (Å²) in [7, 11) is 2.08.